The monoisotopic (exact) mass is 452 g/mol. The van der Waals surface area contributed by atoms with E-state index in [-0.39, 0.29) is 0 Å². The van der Waals surface area contributed by atoms with Gasteiger partial charge in [0.15, 0.2) is 5.65 Å². The van der Waals surface area contributed by atoms with E-state index in [9.17, 15) is 9.59 Å². The maximum absolute atomic E-state index is 11.9. The van der Waals surface area contributed by atoms with Crippen LogP contribution in [0.4, 0.5) is 17.3 Å². The molecule has 1 unspecified atom stereocenters. The zero-order chi connectivity index (χ0) is 23.7. The molecule has 2 aromatic heterocycles. The van der Waals surface area contributed by atoms with Crippen LogP contribution < -0.4 is 10.6 Å². The van der Waals surface area contributed by atoms with Crippen molar-refractivity contribution in [1.82, 2.24) is 19.7 Å². The van der Waals surface area contributed by atoms with Gasteiger partial charge in [0, 0.05) is 23.0 Å². The highest BCUT2D eigenvalue weighted by Crippen LogP contribution is 2.25. The maximum atomic E-state index is 11.9. The lowest BCUT2D eigenvalue weighted by atomic mass is 10.1. The number of carbonyl (C=O) groups is 2. The molecule has 0 saturated heterocycles. The number of carboxylic acid groups (broad SMARTS) is 1. The molecule has 0 radical (unpaired) electrons. The summed E-state index contributed by atoms with van der Waals surface area (Å²) < 4.78 is 1.80. The third-order valence-corrected chi connectivity index (χ3v) is 5.48. The van der Waals surface area contributed by atoms with Crippen molar-refractivity contribution in [2.45, 2.75) is 6.92 Å². The fraction of sp³-hybridized carbons (Fsp3) is 0.0800. The zero-order valence-electron chi connectivity index (χ0n) is 18.1. The van der Waals surface area contributed by atoms with E-state index >= 15 is 0 Å². The minimum Gasteiger partial charge on any atom is -0.481 e. The molecule has 5 aromatic rings. The topological polar surface area (TPSA) is 122 Å². The second-order valence-electron chi connectivity index (χ2n) is 7.78. The van der Waals surface area contributed by atoms with Gasteiger partial charge in [-0.2, -0.15) is 10.1 Å². The number of hydrogen-bond donors (Lipinski definition) is 3. The number of anilines is 3. The average Bonchev–Trinajstić information content (AvgIpc) is 3.27. The minimum absolute atomic E-state index is 0.394. The van der Waals surface area contributed by atoms with Gasteiger partial charge < -0.3 is 15.7 Å². The summed E-state index contributed by atoms with van der Waals surface area (Å²) in [6, 6.07) is 21.0. The van der Waals surface area contributed by atoms with Gasteiger partial charge in [-0.15, -0.1) is 0 Å². The van der Waals surface area contributed by atoms with Crippen molar-refractivity contribution in [3.8, 4) is 5.69 Å². The fourth-order valence-electron chi connectivity index (χ4n) is 3.58. The summed E-state index contributed by atoms with van der Waals surface area (Å²) in [5.41, 5.74) is 2.79. The molecule has 2 heterocycles. The van der Waals surface area contributed by atoms with Gasteiger partial charge in [-0.05, 0) is 42.6 Å². The molecule has 3 N–H and O–H groups in total. The summed E-state index contributed by atoms with van der Waals surface area (Å²) >= 11 is 0. The molecule has 9 nitrogen and oxygen atoms in total. The summed E-state index contributed by atoms with van der Waals surface area (Å²) in [5.74, 6) is -2.50. The second kappa shape index (κ2) is 8.62. The number of fused-ring (bicyclic) bond motifs is 2. The van der Waals surface area contributed by atoms with Gasteiger partial charge in [-0.1, -0.05) is 36.4 Å². The first kappa shape index (κ1) is 21.1. The Kier molecular flexibility index (Phi) is 5.35. The Morgan fingerprint density at radius 3 is 2.44 bits per heavy atom. The predicted octanol–water partition coefficient (Wildman–Crippen LogP) is 4.37. The Morgan fingerprint density at radius 2 is 1.65 bits per heavy atom. The molecule has 1 atom stereocenters. The second-order valence-corrected chi connectivity index (χ2v) is 7.78. The maximum Gasteiger partial charge on any atom is 0.315 e. The third kappa shape index (κ3) is 4.02. The van der Waals surface area contributed by atoms with Gasteiger partial charge in [-0.25, -0.2) is 9.67 Å². The summed E-state index contributed by atoms with van der Waals surface area (Å²) in [4.78, 5) is 31.9. The van der Waals surface area contributed by atoms with Gasteiger partial charge in [0.2, 0.25) is 11.9 Å². The molecule has 9 heteroatoms. The molecule has 5 rings (SSSR count). The van der Waals surface area contributed by atoms with Gasteiger partial charge in [0.1, 0.15) is 5.92 Å². The summed E-state index contributed by atoms with van der Waals surface area (Å²) in [5, 5.41) is 22.2. The minimum atomic E-state index is -1.17. The molecular formula is C25H20N6O3. The van der Waals surface area contributed by atoms with E-state index in [4.69, 9.17) is 5.11 Å². The normalized spacial score (nSPS) is 11.9. The highest BCUT2D eigenvalue weighted by molar-refractivity contribution is 6.03. The lowest BCUT2D eigenvalue weighted by Gasteiger charge is -2.10. The summed E-state index contributed by atoms with van der Waals surface area (Å²) in [6.07, 6.45) is 3.44. The third-order valence-electron chi connectivity index (χ3n) is 5.48. The van der Waals surface area contributed by atoms with E-state index in [1.54, 1.807) is 41.3 Å². The van der Waals surface area contributed by atoms with Crippen LogP contribution >= 0.6 is 0 Å². The van der Waals surface area contributed by atoms with Crippen LogP contribution in [0.5, 0.6) is 0 Å². The van der Waals surface area contributed by atoms with Crippen molar-refractivity contribution in [2.75, 3.05) is 10.6 Å². The average molecular weight is 452 g/mol. The summed E-state index contributed by atoms with van der Waals surface area (Å²) in [7, 11) is 0. The molecule has 168 valence electrons. The summed E-state index contributed by atoms with van der Waals surface area (Å²) in [6.45, 7) is 1.34. The first-order valence-electron chi connectivity index (χ1n) is 10.6. The van der Waals surface area contributed by atoms with E-state index in [0.29, 0.717) is 23.0 Å². The zero-order valence-corrected chi connectivity index (χ0v) is 18.1. The van der Waals surface area contributed by atoms with Crippen molar-refractivity contribution < 1.29 is 14.7 Å². The van der Waals surface area contributed by atoms with Crippen LogP contribution in [-0.4, -0.2) is 36.7 Å². The van der Waals surface area contributed by atoms with Crippen LogP contribution in [0.3, 0.4) is 0 Å². The van der Waals surface area contributed by atoms with Crippen molar-refractivity contribution in [3.05, 3.63) is 79.1 Å². The Morgan fingerprint density at radius 1 is 0.912 bits per heavy atom. The molecule has 0 saturated carbocycles. The van der Waals surface area contributed by atoms with Gasteiger partial charge >= 0.3 is 5.97 Å². The van der Waals surface area contributed by atoms with Gasteiger partial charge in [0.25, 0.3) is 0 Å². The smallest absolute Gasteiger partial charge is 0.315 e. The van der Waals surface area contributed by atoms with E-state index < -0.39 is 17.8 Å². The number of amides is 1. The Hall–Kier alpha value is -4.79. The van der Waals surface area contributed by atoms with E-state index in [1.807, 2.05) is 24.3 Å². The predicted molar refractivity (Wildman–Crippen MR) is 129 cm³/mol. The highest BCUT2D eigenvalue weighted by Gasteiger charge is 2.20. The van der Waals surface area contributed by atoms with Crippen molar-refractivity contribution in [2.24, 2.45) is 5.92 Å². The van der Waals surface area contributed by atoms with Crippen LogP contribution in [0.25, 0.3) is 27.5 Å². The molecule has 1 amide bonds. The van der Waals surface area contributed by atoms with Crippen LogP contribution in [-0.2, 0) is 9.59 Å². The first-order chi connectivity index (χ1) is 16.5. The van der Waals surface area contributed by atoms with Gasteiger partial charge in [-0.3, -0.25) is 9.59 Å². The largest absolute Gasteiger partial charge is 0.481 e. The van der Waals surface area contributed by atoms with E-state index in [0.717, 1.165) is 21.8 Å². The van der Waals surface area contributed by atoms with Crippen LogP contribution in [0.1, 0.15) is 6.92 Å². The number of nitrogens with zero attached hydrogens (tertiary/aromatic N) is 4. The number of aromatic nitrogens is 4. The Labute approximate surface area is 194 Å². The van der Waals surface area contributed by atoms with Crippen LogP contribution in [0.15, 0.2) is 79.1 Å². The Bertz CT molecular complexity index is 1520. The molecule has 0 aliphatic heterocycles. The first-order valence-corrected chi connectivity index (χ1v) is 10.6. The molecular weight excluding hydrogens is 432 g/mol. The number of carboxylic acids is 1. The molecule has 0 bridgehead atoms. The fourth-order valence-corrected chi connectivity index (χ4v) is 3.58. The van der Waals surface area contributed by atoms with E-state index in [1.165, 1.54) is 6.92 Å². The SMILES string of the molecule is CC(C(=O)O)C(=O)Nc1ccc(Nc2ncc3cnn(-c4cccc5ccccc45)c3n2)cc1. The quantitative estimate of drug-likeness (QED) is 0.327. The van der Waals surface area contributed by atoms with Crippen molar-refractivity contribution in [3.63, 3.8) is 0 Å². The number of nitrogens with one attached hydrogen (secondary N) is 2. The molecule has 0 spiro atoms. The van der Waals surface area contributed by atoms with Crippen LogP contribution in [0, 0.1) is 5.92 Å². The Balaban J connectivity index is 1.40. The number of benzene rings is 3. The lowest BCUT2D eigenvalue weighted by molar-refractivity contribution is -0.144. The molecule has 0 aliphatic carbocycles. The molecule has 3 aromatic carbocycles. The highest BCUT2D eigenvalue weighted by atomic mass is 16.4. The number of aliphatic carboxylic acids is 1. The van der Waals surface area contributed by atoms with Crippen LogP contribution in [0.2, 0.25) is 0 Å². The number of rotatable bonds is 6. The van der Waals surface area contributed by atoms with E-state index in [2.05, 4.69) is 43.9 Å². The standard InChI is InChI=1S/C25H20N6O3/c1-15(24(33)34)23(32)28-18-9-11-19(12-10-18)29-25-26-13-17-14-27-31(22(17)30-25)21-8-4-6-16-5-2-3-7-20(16)21/h2-15H,1H3,(H,28,32)(H,33,34)(H,26,29,30). The van der Waals surface area contributed by atoms with Crippen molar-refractivity contribution in [1.29, 1.82) is 0 Å². The number of carbonyl (C=O) groups excluding carboxylic acids is 1. The number of hydrogen-bond acceptors (Lipinski definition) is 6. The molecule has 34 heavy (non-hydrogen) atoms. The molecule has 0 fully saturated rings. The van der Waals surface area contributed by atoms with Gasteiger partial charge in [0.05, 0.1) is 17.3 Å². The molecule has 0 aliphatic rings. The lowest BCUT2D eigenvalue weighted by Crippen LogP contribution is -2.26. The van der Waals surface area contributed by atoms with Crippen molar-refractivity contribution >= 4 is 51.0 Å².